The fraction of sp³-hybridized carbons (Fsp3) is 0.0476. The molecule has 0 saturated heterocycles. The van der Waals surface area contributed by atoms with Crippen LogP contribution < -0.4 is 9.64 Å². The number of ether oxygens (including phenoxy) is 1. The van der Waals surface area contributed by atoms with Crippen molar-refractivity contribution in [2.45, 2.75) is 0 Å². The fourth-order valence-corrected chi connectivity index (χ4v) is 4.32. The number of fused-ring (bicyclic) bond motifs is 1. The van der Waals surface area contributed by atoms with Crippen LogP contribution in [-0.4, -0.2) is 17.5 Å². The summed E-state index contributed by atoms with van der Waals surface area (Å²) in [6.07, 6.45) is 0. The number of nitrogens with zero attached hydrogens (tertiary/aromatic N) is 2. The number of halogens is 4. The van der Waals surface area contributed by atoms with Crippen molar-refractivity contribution in [2.75, 3.05) is 11.5 Å². The van der Waals surface area contributed by atoms with E-state index in [1.54, 1.807) is 0 Å². The first-order chi connectivity index (χ1) is 14.4. The highest BCUT2D eigenvalue weighted by atomic mass is 35.5. The monoisotopic (exact) mass is 480 g/mol. The Morgan fingerprint density at radius 2 is 1.70 bits per heavy atom. The largest absolute Gasteiger partial charge is 0.482 e. The number of amides is 1. The van der Waals surface area contributed by atoms with E-state index in [2.05, 4.69) is 4.98 Å². The standard InChI is InChI=1S/C21H12Cl3FN2O2S/c22-14-9-16(24)18(10-15(14)23)29-11-20(28)27(13-7-5-12(25)6-8-13)21-26-17-3-1-2-4-19(17)30-21/h1-10H,11H2. The Morgan fingerprint density at radius 3 is 2.43 bits per heavy atom. The minimum atomic E-state index is -0.414. The summed E-state index contributed by atoms with van der Waals surface area (Å²) in [6, 6.07) is 16.0. The van der Waals surface area contributed by atoms with Gasteiger partial charge in [0.25, 0.3) is 5.91 Å². The average molecular weight is 482 g/mol. The Hall–Kier alpha value is -2.38. The second kappa shape index (κ2) is 8.78. The summed E-state index contributed by atoms with van der Waals surface area (Å²) in [6.45, 7) is -0.342. The van der Waals surface area contributed by atoms with Crippen molar-refractivity contribution in [3.05, 3.63) is 81.5 Å². The number of benzene rings is 3. The van der Waals surface area contributed by atoms with E-state index in [9.17, 15) is 9.18 Å². The van der Waals surface area contributed by atoms with Crippen LogP contribution in [0.5, 0.6) is 5.75 Å². The molecule has 0 saturated carbocycles. The molecule has 0 atom stereocenters. The van der Waals surface area contributed by atoms with Crippen molar-refractivity contribution in [3.63, 3.8) is 0 Å². The first-order valence-electron chi connectivity index (χ1n) is 8.64. The van der Waals surface area contributed by atoms with Gasteiger partial charge < -0.3 is 4.74 Å². The predicted octanol–water partition coefficient (Wildman–Crippen LogP) is 7.14. The maximum Gasteiger partial charge on any atom is 0.271 e. The van der Waals surface area contributed by atoms with Crippen molar-refractivity contribution >= 4 is 73.1 Å². The lowest BCUT2D eigenvalue weighted by Gasteiger charge is -2.20. The number of anilines is 2. The maximum absolute atomic E-state index is 13.4. The second-order valence-electron chi connectivity index (χ2n) is 6.16. The van der Waals surface area contributed by atoms with Gasteiger partial charge in [-0.05, 0) is 42.5 Å². The summed E-state index contributed by atoms with van der Waals surface area (Å²) in [7, 11) is 0. The molecule has 0 aliphatic heterocycles. The maximum atomic E-state index is 13.4. The molecular formula is C21H12Cl3FN2O2S. The smallest absolute Gasteiger partial charge is 0.271 e. The summed E-state index contributed by atoms with van der Waals surface area (Å²) < 4.78 is 19.9. The van der Waals surface area contributed by atoms with Gasteiger partial charge in [0.1, 0.15) is 11.6 Å². The molecule has 4 rings (SSSR count). The highest BCUT2D eigenvalue weighted by Crippen LogP contribution is 2.35. The molecule has 0 unspecified atom stereocenters. The van der Waals surface area contributed by atoms with Crippen LogP contribution in [0.3, 0.4) is 0 Å². The molecule has 30 heavy (non-hydrogen) atoms. The van der Waals surface area contributed by atoms with Gasteiger partial charge in [-0.2, -0.15) is 0 Å². The Labute approximate surface area is 190 Å². The number of carbonyl (C=O) groups is 1. The molecule has 0 bridgehead atoms. The predicted molar refractivity (Wildman–Crippen MR) is 120 cm³/mol. The van der Waals surface area contributed by atoms with Gasteiger partial charge in [-0.25, -0.2) is 9.37 Å². The third kappa shape index (κ3) is 4.37. The SMILES string of the molecule is O=C(COc1cc(Cl)c(Cl)cc1Cl)N(c1ccc(F)cc1)c1nc2ccccc2s1. The summed E-state index contributed by atoms with van der Waals surface area (Å²) >= 11 is 19.4. The van der Waals surface area contributed by atoms with Crippen LogP contribution >= 0.6 is 46.1 Å². The van der Waals surface area contributed by atoms with E-state index in [4.69, 9.17) is 39.5 Å². The van der Waals surface area contributed by atoms with Gasteiger partial charge in [-0.1, -0.05) is 58.3 Å². The van der Waals surface area contributed by atoms with Crippen molar-refractivity contribution in [2.24, 2.45) is 0 Å². The van der Waals surface area contributed by atoms with E-state index in [1.807, 2.05) is 24.3 Å². The number of rotatable bonds is 5. The molecule has 1 aromatic heterocycles. The Morgan fingerprint density at radius 1 is 1.00 bits per heavy atom. The Balaban J connectivity index is 1.66. The van der Waals surface area contributed by atoms with Crippen LogP contribution in [0.25, 0.3) is 10.2 Å². The Bertz CT molecular complexity index is 1200. The van der Waals surface area contributed by atoms with Gasteiger partial charge in [0, 0.05) is 6.07 Å². The topological polar surface area (TPSA) is 42.4 Å². The Kier molecular flexibility index (Phi) is 6.11. The molecule has 152 valence electrons. The molecule has 0 radical (unpaired) electrons. The number of aromatic nitrogens is 1. The normalized spacial score (nSPS) is 10.9. The van der Waals surface area contributed by atoms with Crippen LogP contribution in [0.4, 0.5) is 15.2 Å². The van der Waals surface area contributed by atoms with E-state index in [1.165, 1.54) is 52.6 Å². The summed E-state index contributed by atoms with van der Waals surface area (Å²) in [5, 5.41) is 1.20. The number of para-hydroxylation sites is 1. The highest BCUT2D eigenvalue weighted by Gasteiger charge is 2.23. The molecule has 0 N–H and O–H groups in total. The minimum Gasteiger partial charge on any atom is -0.482 e. The molecule has 0 aliphatic rings. The van der Waals surface area contributed by atoms with Crippen LogP contribution in [0, 0.1) is 5.82 Å². The van der Waals surface area contributed by atoms with E-state index in [0.29, 0.717) is 10.8 Å². The van der Waals surface area contributed by atoms with Crippen molar-refractivity contribution < 1.29 is 13.9 Å². The number of hydrogen-bond donors (Lipinski definition) is 0. The number of hydrogen-bond acceptors (Lipinski definition) is 4. The van der Waals surface area contributed by atoms with Crippen LogP contribution in [0.1, 0.15) is 0 Å². The summed E-state index contributed by atoms with van der Waals surface area (Å²) in [5.41, 5.74) is 1.22. The molecule has 3 aromatic carbocycles. The molecule has 0 fully saturated rings. The van der Waals surface area contributed by atoms with Gasteiger partial charge in [0.05, 0.1) is 31.0 Å². The van der Waals surface area contributed by atoms with E-state index < -0.39 is 11.7 Å². The van der Waals surface area contributed by atoms with Gasteiger partial charge in [-0.15, -0.1) is 0 Å². The van der Waals surface area contributed by atoms with Crippen molar-refractivity contribution in [1.82, 2.24) is 4.98 Å². The molecule has 4 nitrogen and oxygen atoms in total. The number of carbonyl (C=O) groups excluding carboxylic acids is 1. The molecular weight excluding hydrogens is 470 g/mol. The van der Waals surface area contributed by atoms with Gasteiger partial charge in [0.2, 0.25) is 0 Å². The summed E-state index contributed by atoms with van der Waals surface area (Å²) in [5.74, 6) is -0.597. The van der Waals surface area contributed by atoms with E-state index in [0.717, 1.165) is 10.2 Å². The number of thiazole rings is 1. The molecule has 0 spiro atoms. The first-order valence-corrected chi connectivity index (χ1v) is 10.6. The quantitative estimate of drug-likeness (QED) is 0.285. The lowest BCUT2D eigenvalue weighted by atomic mass is 10.3. The van der Waals surface area contributed by atoms with E-state index in [-0.39, 0.29) is 27.4 Å². The third-order valence-electron chi connectivity index (χ3n) is 4.13. The van der Waals surface area contributed by atoms with Crippen LogP contribution in [0.15, 0.2) is 60.7 Å². The third-order valence-corrected chi connectivity index (χ3v) is 6.17. The van der Waals surface area contributed by atoms with Gasteiger partial charge >= 0.3 is 0 Å². The van der Waals surface area contributed by atoms with Crippen LogP contribution in [-0.2, 0) is 4.79 Å². The zero-order valence-corrected chi connectivity index (χ0v) is 18.2. The highest BCUT2D eigenvalue weighted by molar-refractivity contribution is 7.22. The van der Waals surface area contributed by atoms with Crippen LogP contribution in [0.2, 0.25) is 15.1 Å². The summed E-state index contributed by atoms with van der Waals surface area (Å²) in [4.78, 5) is 19.0. The molecule has 1 amide bonds. The minimum absolute atomic E-state index is 0.225. The molecule has 1 heterocycles. The lowest BCUT2D eigenvalue weighted by Crippen LogP contribution is -2.31. The molecule has 9 heteroatoms. The fourth-order valence-electron chi connectivity index (χ4n) is 2.73. The average Bonchev–Trinajstić information content (AvgIpc) is 3.15. The molecule has 0 aliphatic carbocycles. The van der Waals surface area contributed by atoms with Crippen molar-refractivity contribution in [3.8, 4) is 5.75 Å². The second-order valence-corrected chi connectivity index (χ2v) is 8.39. The van der Waals surface area contributed by atoms with Crippen molar-refractivity contribution in [1.29, 1.82) is 0 Å². The van der Waals surface area contributed by atoms with Gasteiger partial charge in [0.15, 0.2) is 11.7 Å². The zero-order valence-electron chi connectivity index (χ0n) is 15.1. The van der Waals surface area contributed by atoms with E-state index >= 15 is 0 Å². The first kappa shape index (κ1) is 20.9. The zero-order chi connectivity index (χ0) is 21.3. The van der Waals surface area contributed by atoms with Gasteiger partial charge in [-0.3, -0.25) is 9.69 Å². The lowest BCUT2D eigenvalue weighted by molar-refractivity contribution is -0.119. The molecule has 4 aromatic rings.